The first-order valence-electron chi connectivity index (χ1n) is 5.95. The lowest BCUT2D eigenvalue weighted by atomic mass is 10.1. The standard InChI is InChI=1S/C13H18N2O2/c1-3-17-12-9(5-4-6-10(12)14)13(16)15-11-7-8(11)2/h4-6,8,11H,3,7,14H2,1-2H3,(H,15,16). The summed E-state index contributed by atoms with van der Waals surface area (Å²) in [5, 5.41) is 2.97. The van der Waals surface area contributed by atoms with Crippen molar-refractivity contribution in [1.29, 1.82) is 0 Å². The van der Waals surface area contributed by atoms with Gasteiger partial charge < -0.3 is 15.8 Å². The van der Waals surface area contributed by atoms with Crippen LogP contribution >= 0.6 is 0 Å². The molecular weight excluding hydrogens is 216 g/mol. The molecule has 1 aromatic rings. The first-order valence-corrected chi connectivity index (χ1v) is 5.95. The molecule has 92 valence electrons. The monoisotopic (exact) mass is 234 g/mol. The van der Waals surface area contributed by atoms with Crippen LogP contribution in [0.3, 0.4) is 0 Å². The second-order valence-corrected chi connectivity index (χ2v) is 4.45. The Balaban J connectivity index is 2.18. The average Bonchev–Trinajstić information content (AvgIpc) is 2.97. The van der Waals surface area contributed by atoms with Crippen molar-refractivity contribution in [1.82, 2.24) is 5.32 Å². The molecule has 0 spiro atoms. The molecule has 2 unspecified atom stereocenters. The van der Waals surface area contributed by atoms with Crippen LogP contribution in [0.2, 0.25) is 0 Å². The lowest BCUT2D eigenvalue weighted by Gasteiger charge is -2.12. The molecule has 1 saturated carbocycles. The zero-order chi connectivity index (χ0) is 12.4. The highest BCUT2D eigenvalue weighted by atomic mass is 16.5. The predicted octanol–water partition coefficient (Wildman–Crippen LogP) is 1.81. The number of para-hydroxylation sites is 1. The van der Waals surface area contributed by atoms with E-state index in [1.54, 1.807) is 18.2 Å². The minimum Gasteiger partial charge on any atom is -0.491 e. The SMILES string of the molecule is CCOc1c(N)cccc1C(=O)NC1CC1C. The Morgan fingerprint density at radius 3 is 2.88 bits per heavy atom. The first-order chi connectivity index (χ1) is 8.13. The van der Waals surface area contributed by atoms with Crippen molar-refractivity contribution in [2.45, 2.75) is 26.3 Å². The van der Waals surface area contributed by atoms with Gasteiger partial charge in [-0.3, -0.25) is 4.79 Å². The Morgan fingerprint density at radius 2 is 2.29 bits per heavy atom. The summed E-state index contributed by atoms with van der Waals surface area (Å²) in [5.74, 6) is 0.964. The molecule has 0 aromatic heterocycles. The quantitative estimate of drug-likeness (QED) is 0.781. The zero-order valence-electron chi connectivity index (χ0n) is 10.2. The number of ether oxygens (including phenoxy) is 1. The van der Waals surface area contributed by atoms with E-state index < -0.39 is 0 Å². The number of carbonyl (C=O) groups is 1. The number of nitrogens with one attached hydrogen (secondary N) is 1. The smallest absolute Gasteiger partial charge is 0.255 e. The highest BCUT2D eigenvalue weighted by Gasteiger charge is 2.34. The molecule has 4 heteroatoms. The van der Waals surface area contributed by atoms with Crippen molar-refractivity contribution >= 4 is 11.6 Å². The number of nitrogens with two attached hydrogens (primary N) is 1. The molecule has 1 aliphatic rings. The Labute approximate surface area is 101 Å². The highest BCUT2D eigenvalue weighted by molar-refractivity contribution is 5.99. The summed E-state index contributed by atoms with van der Waals surface area (Å²) in [7, 11) is 0. The fourth-order valence-corrected chi connectivity index (χ4v) is 1.81. The van der Waals surface area contributed by atoms with Gasteiger partial charge in [-0.25, -0.2) is 0 Å². The second-order valence-electron chi connectivity index (χ2n) is 4.45. The van der Waals surface area contributed by atoms with Crippen molar-refractivity contribution < 1.29 is 9.53 Å². The number of nitrogen functional groups attached to an aromatic ring is 1. The molecule has 0 heterocycles. The second kappa shape index (κ2) is 4.65. The van der Waals surface area contributed by atoms with Crippen LogP contribution in [0.4, 0.5) is 5.69 Å². The van der Waals surface area contributed by atoms with Crippen LogP contribution in [-0.2, 0) is 0 Å². The molecule has 3 N–H and O–H groups in total. The van der Waals surface area contributed by atoms with Gasteiger partial charge in [-0.15, -0.1) is 0 Å². The van der Waals surface area contributed by atoms with Crippen molar-refractivity contribution in [3.05, 3.63) is 23.8 Å². The molecule has 2 rings (SSSR count). The summed E-state index contributed by atoms with van der Waals surface area (Å²) in [4.78, 5) is 12.0. The van der Waals surface area contributed by atoms with Gasteiger partial charge in [-0.2, -0.15) is 0 Å². The van der Waals surface area contributed by atoms with Crippen LogP contribution in [0.15, 0.2) is 18.2 Å². The number of anilines is 1. The van der Waals surface area contributed by atoms with E-state index in [4.69, 9.17) is 10.5 Å². The van der Waals surface area contributed by atoms with Gasteiger partial charge in [-0.05, 0) is 31.4 Å². The lowest BCUT2D eigenvalue weighted by Crippen LogP contribution is -2.27. The van der Waals surface area contributed by atoms with Crippen molar-refractivity contribution in [3.8, 4) is 5.75 Å². The van der Waals surface area contributed by atoms with Gasteiger partial charge in [0.2, 0.25) is 0 Å². The van der Waals surface area contributed by atoms with E-state index in [2.05, 4.69) is 12.2 Å². The number of rotatable bonds is 4. The summed E-state index contributed by atoms with van der Waals surface area (Å²) in [6, 6.07) is 5.55. The molecule has 0 aliphatic heterocycles. The molecule has 0 radical (unpaired) electrons. The van der Waals surface area contributed by atoms with Gasteiger partial charge >= 0.3 is 0 Å². The molecular formula is C13H18N2O2. The molecule has 1 fully saturated rings. The fourth-order valence-electron chi connectivity index (χ4n) is 1.81. The van der Waals surface area contributed by atoms with E-state index >= 15 is 0 Å². The number of carbonyl (C=O) groups excluding carboxylic acids is 1. The summed E-state index contributed by atoms with van der Waals surface area (Å²) < 4.78 is 5.43. The van der Waals surface area contributed by atoms with Crippen LogP contribution in [0.5, 0.6) is 5.75 Å². The van der Waals surface area contributed by atoms with E-state index in [0.717, 1.165) is 6.42 Å². The van der Waals surface area contributed by atoms with Crippen molar-refractivity contribution in [2.75, 3.05) is 12.3 Å². The Bertz CT molecular complexity index is 431. The van der Waals surface area contributed by atoms with Gasteiger partial charge in [0.1, 0.15) is 0 Å². The van der Waals surface area contributed by atoms with Crippen LogP contribution in [0.25, 0.3) is 0 Å². The van der Waals surface area contributed by atoms with Crippen molar-refractivity contribution in [2.24, 2.45) is 5.92 Å². The Hall–Kier alpha value is -1.71. The average molecular weight is 234 g/mol. The van der Waals surface area contributed by atoms with E-state index in [-0.39, 0.29) is 5.91 Å². The molecule has 1 aliphatic carbocycles. The number of hydrogen-bond acceptors (Lipinski definition) is 3. The maximum absolute atomic E-state index is 12.0. The van der Waals surface area contributed by atoms with Gasteiger partial charge in [0.25, 0.3) is 5.91 Å². The molecule has 1 amide bonds. The highest BCUT2D eigenvalue weighted by Crippen LogP contribution is 2.31. The van der Waals surface area contributed by atoms with Crippen LogP contribution in [0, 0.1) is 5.92 Å². The summed E-state index contributed by atoms with van der Waals surface area (Å²) >= 11 is 0. The number of hydrogen-bond donors (Lipinski definition) is 2. The summed E-state index contributed by atoms with van der Waals surface area (Å²) in [6.45, 7) is 4.49. The first kappa shape index (κ1) is 11.8. The third-order valence-corrected chi connectivity index (χ3v) is 3.00. The van der Waals surface area contributed by atoms with Gasteiger partial charge in [-0.1, -0.05) is 13.0 Å². The van der Waals surface area contributed by atoms with Gasteiger partial charge in [0, 0.05) is 6.04 Å². The molecule has 2 atom stereocenters. The third-order valence-electron chi connectivity index (χ3n) is 3.00. The number of benzene rings is 1. The van der Waals surface area contributed by atoms with Gasteiger partial charge in [0.05, 0.1) is 17.9 Å². The topological polar surface area (TPSA) is 64.3 Å². The van der Waals surface area contributed by atoms with Crippen LogP contribution in [0.1, 0.15) is 30.6 Å². The Morgan fingerprint density at radius 1 is 1.59 bits per heavy atom. The lowest BCUT2D eigenvalue weighted by molar-refractivity contribution is 0.0945. The van der Waals surface area contributed by atoms with Crippen molar-refractivity contribution in [3.63, 3.8) is 0 Å². The zero-order valence-corrected chi connectivity index (χ0v) is 10.2. The minimum absolute atomic E-state index is 0.102. The maximum atomic E-state index is 12.0. The minimum atomic E-state index is -0.102. The van der Waals surface area contributed by atoms with Crippen LogP contribution < -0.4 is 15.8 Å². The third kappa shape index (κ3) is 2.52. The van der Waals surface area contributed by atoms with E-state index in [0.29, 0.717) is 35.6 Å². The summed E-state index contributed by atoms with van der Waals surface area (Å²) in [5.41, 5.74) is 6.84. The van der Waals surface area contributed by atoms with Crippen LogP contribution in [-0.4, -0.2) is 18.6 Å². The largest absolute Gasteiger partial charge is 0.491 e. The molecule has 4 nitrogen and oxygen atoms in total. The van der Waals surface area contributed by atoms with Gasteiger partial charge in [0.15, 0.2) is 5.75 Å². The fraction of sp³-hybridized carbons (Fsp3) is 0.462. The summed E-state index contributed by atoms with van der Waals surface area (Å²) in [6.07, 6.45) is 1.05. The van der Waals surface area contributed by atoms with E-state index in [1.165, 1.54) is 0 Å². The molecule has 0 saturated heterocycles. The Kier molecular flexibility index (Phi) is 3.22. The van der Waals surface area contributed by atoms with E-state index in [9.17, 15) is 4.79 Å². The molecule has 1 aromatic carbocycles. The molecule has 0 bridgehead atoms. The normalized spacial score (nSPS) is 22.0. The van der Waals surface area contributed by atoms with E-state index in [1.807, 2.05) is 6.92 Å². The maximum Gasteiger partial charge on any atom is 0.255 e. The molecule has 17 heavy (non-hydrogen) atoms. The predicted molar refractivity (Wildman–Crippen MR) is 67.1 cm³/mol. The number of amides is 1.